The fourth-order valence-corrected chi connectivity index (χ4v) is 3.77. The summed E-state index contributed by atoms with van der Waals surface area (Å²) in [6.07, 6.45) is -7.86. The molecular formula is C25H23F6N5O2. The maximum Gasteiger partial charge on any atom is 0.416 e. The topological polar surface area (TPSA) is 101 Å². The van der Waals surface area contributed by atoms with Crippen LogP contribution in [-0.4, -0.2) is 26.7 Å². The van der Waals surface area contributed by atoms with Gasteiger partial charge in [0, 0.05) is 24.5 Å². The fraction of sp³-hybridized carbons (Fsp3) is 0.280. The number of nitrogens with two attached hydrogens (primary N) is 1. The van der Waals surface area contributed by atoms with Gasteiger partial charge in [0.2, 0.25) is 0 Å². The zero-order valence-corrected chi connectivity index (χ0v) is 20.4. The van der Waals surface area contributed by atoms with E-state index in [1.807, 2.05) is 19.3 Å². The molecule has 1 unspecified atom stereocenters. The number of carbonyl (C=O) groups is 2. The number of nitrogens with zero attached hydrogens (tertiary/aromatic N) is 3. The SMILES string of the molecule is Cc1ccc(CN(C(=O)c2cc(C(F)(F)F)cc(C(F)(F)F)c2)C(C)c2nccnc2C(=O)NN)cc1C. The number of carbonyl (C=O) groups excluding carboxylic acids is 2. The third-order valence-corrected chi connectivity index (χ3v) is 5.96. The van der Waals surface area contributed by atoms with Crippen LogP contribution in [0.3, 0.4) is 0 Å². The first-order chi connectivity index (χ1) is 17.6. The molecule has 2 aromatic carbocycles. The van der Waals surface area contributed by atoms with E-state index in [0.29, 0.717) is 17.7 Å². The van der Waals surface area contributed by atoms with Gasteiger partial charge in [-0.05, 0) is 55.7 Å². The Balaban J connectivity index is 2.19. The highest BCUT2D eigenvalue weighted by Crippen LogP contribution is 2.37. The summed E-state index contributed by atoms with van der Waals surface area (Å²) in [7, 11) is 0. The summed E-state index contributed by atoms with van der Waals surface area (Å²) >= 11 is 0. The summed E-state index contributed by atoms with van der Waals surface area (Å²) in [4.78, 5) is 34.9. The predicted molar refractivity (Wildman–Crippen MR) is 124 cm³/mol. The average Bonchev–Trinajstić information content (AvgIpc) is 2.86. The molecular weight excluding hydrogens is 516 g/mol. The molecule has 2 amide bonds. The number of hydrogen-bond acceptors (Lipinski definition) is 5. The van der Waals surface area contributed by atoms with E-state index in [0.717, 1.165) is 16.0 Å². The Kier molecular flexibility index (Phi) is 8.10. The maximum atomic E-state index is 13.6. The number of aromatic nitrogens is 2. The van der Waals surface area contributed by atoms with Crippen molar-refractivity contribution in [1.82, 2.24) is 20.3 Å². The van der Waals surface area contributed by atoms with Crippen LogP contribution in [0.15, 0.2) is 48.8 Å². The highest BCUT2D eigenvalue weighted by atomic mass is 19.4. The summed E-state index contributed by atoms with van der Waals surface area (Å²) in [6, 6.07) is 4.73. The van der Waals surface area contributed by atoms with Gasteiger partial charge >= 0.3 is 12.4 Å². The highest BCUT2D eigenvalue weighted by Gasteiger charge is 2.38. The molecule has 202 valence electrons. The zero-order chi connectivity index (χ0) is 28.4. The average molecular weight is 539 g/mol. The van der Waals surface area contributed by atoms with Crippen LogP contribution in [0.25, 0.3) is 0 Å². The number of amides is 2. The lowest BCUT2D eigenvalue weighted by Crippen LogP contribution is -2.37. The minimum absolute atomic E-state index is 0.0553. The van der Waals surface area contributed by atoms with Crippen LogP contribution in [-0.2, 0) is 18.9 Å². The third-order valence-electron chi connectivity index (χ3n) is 5.96. The number of aryl methyl sites for hydroxylation is 2. The first kappa shape index (κ1) is 28.6. The smallest absolute Gasteiger partial charge is 0.326 e. The van der Waals surface area contributed by atoms with E-state index in [2.05, 4.69) is 9.97 Å². The third kappa shape index (κ3) is 6.28. The Hall–Kier alpha value is -4.00. The summed E-state index contributed by atoms with van der Waals surface area (Å²) in [5, 5.41) is 0. The number of nitrogen functional groups attached to an aromatic ring is 1. The highest BCUT2D eigenvalue weighted by molar-refractivity contribution is 5.96. The van der Waals surface area contributed by atoms with Gasteiger partial charge in [-0.1, -0.05) is 18.2 Å². The second-order valence-electron chi connectivity index (χ2n) is 8.59. The van der Waals surface area contributed by atoms with E-state index < -0.39 is 46.9 Å². The summed E-state index contributed by atoms with van der Waals surface area (Å²) in [5.41, 5.74) is -0.191. The second kappa shape index (κ2) is 10.8. The standard InChI is InChI=1S/C25H23F6N5O2/c1-13-4-5-16(8-14(13)2)12-36(15(3)20-21(22(37)35-32)34-7-6-33-20)23(38)17-9-18(24(26,27)28)11-19(10-17)25(29,30)31/h4-11,15H,12,32H2,1-3H3,(H,35,37). The summed E-state index contributed by atoms with van der Waals surface area (Å²) in [6.45, 7) is 4.86. The van der Waals surface area contributed by atoms with Crippen molar-refractivity contribution in [3.8, 4) is 0 Å². The first-order valence-electron chi connectivity index (χ1n) is 11.1. The van der Waals surface area contributed by atoms with Crippen molar-refractivity contribution in [2.24, 2.45) is 5.84 Å². The number of hydrazine groups is 1. The lowest BCUT2D eigenvalue weighted by Gasteiger charge is -2.30. The van der Waals surface area contributed by atoms with Crippen molar-refractivity contribution < 1.29 is 35.9 Å². The number of nitrogens with one attached hydrogen (secondary N) is 1. The normalized spacial score (nSPS) is 12.7. The van der Waals surface area contributed by atoms with Crippen LogP contribution in [0.4, 0.5) is 26.3 Å². The Labute approximate surface area is 213 Å². The number of rotatable bonds is 6. The maximum absolute atomic E-state index is 13.6. The molecule has 0 saturated carbocycles. The van der Waals surface area contributed by atoms with Crippen LogP contribution in [0.2, 0.25) is 0 Å². The molecule has 1 atom stereocenters. The van der Waals surface area contributed by atoms with Crippen LogP contribution in [0, 0.1) is 13.8 Å². The molecule has 3 rings (SSSR count). The van der Waals surface area contributed by atoms with Crippen LogP contribution < -0.4 is 11.3 Å². The number of halogens is 6. The molecule has 0 spiro atoms. The van der Waals surface area contributed by atoms with Crippen LogP contribution in [0.5, 0.6) is 0 Å². The van der Waals surface area contributed by atoms with Crippen LogP contribution in [0.1, 0.15) is 67.3 Å². The van der Waals surface area contributed by atoms with Gasteiger partial charge in [-0.25, -0.2) is 10.8 Å². The van der Waals surface area contributed by atoms with Gasteiger partial charge in [0.1, 0.15) is 0 Å². The van der Waals surface area contributed by atoms with E-state index in [9.17, 15) is 35.9 Å². The van der Waals surface area contributed by atoms with Crippen molar-refractivity contribution in [2.45, 2.75) is 45.7 Å². The van der Waals surface area contributed by atoms with E-state index in [1.165, 1.54) is 19.3 Å². The minimum atomic E-state index is -5.14. The molecule has 0 aliphatic carbocycles. The van der Waals surface area contributed by atoms with Crippen molar-refractivity contribution in [3.63, 3.8) is 0 Å². The largest absolute Gasteiger partial charge is 0.416 e. The van der Waals surface area contributed by atoms with E-state index in [1.54, 1.807) is 18.2 Å². The van der Waals surface area contributed by atoms with Crippen LogP contribution >= 0.6 is 0 Å². The molecule has 0 bridgehead atoms. The molecule has 0 fully saturated rings. The molecule has 13 heteroatoms. The predicted octanol–water partition coefficient (Wildman–Crippen LogP) is 5.14. The quantitative estimate of drug-likeness (QED) is 0.196. The van der Waals surface area contributed by atoms with Gasteiger partial charge in [0.15, 0.2) is 5.69 Å². The molecule has 1 heterocycles. The molecule has 0 aliphatic rings. The van der Waals surface area contributed by atoms with Gasteiger partial charge in [0.05, 0.1) is 22.9 Å². The zero-order valence-electron chi connectivity index (χ0n) is 20.4. The molecule has 0 aliphatic heterocycles. The summed E-state index contributed by atoms with van der Waals surface area (Å²) in [5.74, 6) is 3.22. The van der Waals surface area contributed by atoms with Crippen molar-refractivity contribution in [1.29, 1.82) is 0 Å². The second-order valence-corrected chi connectivity index (χ2v) is 8.59. The molecule has 0 radical (unpaired) electrons. The lowest BCUT2D eigenvalue weighted by atomic mass is 10.0. The van der Waals surface area contributed by atoms with Crippen molar-refractivity contribution in [2.75, 3.05) is 0 Å². The number of alkyl halides is 6. The molecule has 3 N–H and O–H groups in total. The van der Waals surface area contributed by atoms with E-state index >= 15 is 0 Å². The summed E-state index contributed by atoms with van der Waals surface area (Å²) < 4.78 is 80.8. The number of benzene rings is 2. The molecule has 7 nitrogen and oxygen atoms in total. The molecule has 1 aromatic heterocycles. The van der Waals surface area contributed by atoms with Gasteiger partial charge in [-0.15, -0.1) is 0 Å². The number of hydrogen-bond donors (Lipinski definition) is 2. The fourth-order valence-electron chi connectivity index (χ4n) is 3.77. The minimum Gasteiger partial charge on any atom is -0.326 e. The lowest BCUT2D eigenvalue weighted by molar-refractivity contribution is -0.143. The Morgan fingerprint density at radius 3 is 2.03 bits per heavy atom. The van der Waals surface area contributed by atoms with E-state index in [4.69, 9.17) is 5.84 Å². The molecule has 3 aromatic rings. The molecule has 38 heavy (non-hydrogen) atoms. The molecule has 0 saturated heterocycles. The monoisotopic (exact) mass is 539 g/mol. The van der Waals surface area contributed by atoms with Gasteiger partial charge in [-0.3, -0.25) is 20.0 Å². The van der Waals surface area contributed by atoms with Gasteiger partial charge in [0.25, 0.3) is 11.8 Å². The Morgan fingerprint density at radius 1 is 0.921 bits per heavy atom. The van der Waals surface area contributed by atoms with Gasteiger partial charge < -0.3 is 4.90 Å². The van der Waals surface area contributed by atoms with Crippen molar-refractivity contribution in [3.05, 3.63) is 93.6 Å². The van der Waals surface area contributed by atoms with E-state index in [-0.39, 0.29) is 24.0 Å². The first-order valence-corrected chi connectivity index (χ1v) is 11.1. The Bertz CT molecular complexity index is 1320. The Morgan fingerprint density at radius 2 is 1.50 bits per heavy atom. The van der Waals surface area contributed by atoms with Gasteiger partial charge in [-0.2, -0.15) is 26.3 Å². The van der Waals surface area contributed by atoms with Crippen molar-refractivity contribution >= 4 is 11.8 Å².